The molecule has 222 valence electrons. The number of aromatic nitrogens is 2. The van der Waals surface area contributed by atoms with Crippen molar-refractivity contribution in [1.29, 1.82) is 0 Å². The lowest BCUT2D eigenvalue weighted by Crippen LogP contribution is -2.16. The Morgan fingerprint density at radius 1 is 0.791 bits per heavy atom. The van der Waals surface area contributed by atoms with E-state index in [2.05, 4.69) is 10.2 Å². The molecule has 0 saturated heterocycles. The highest BCUT2D eigenvalue weighted by Gasteiger charge is 2.18. The van der Waals surface area contributed by atoms with Crippen LogP contribution < -0.4 is 14.8 Å². The summed E-state index contributed by atoms with van der Waals surface area (Å²) in [7, 11) is 7.18. The summed E-state index contributed by atoms with van der Waals surface area (Å²) < 4.78 is 11.5. The fraction of sp³-hybridized carbons (Fsp3) is 0.226. The Bertz CT molecular complexity index is 1670. The Hall–Kier alpha value is -5.36. The van der Waals surface area contributed by atoms with Gasteiger partial charge in [0, 0.05) is 36.9 Å². The summed E-state index contributed by atoms with van der Waals surface area (Å²) in [5.74, 6) is 1.03. The van der Waals surface area contributed by atoms with Crippen LogP contribution in [0, 0.1) is 20.2 Å². The molecule has 0 aliphatic carbocycles. The molecule has 0 fully saturated rings. The summed E-state index contributed by atoms with van der Waals surface area (Å²) in [4.78, 5) is 33.1. The van der Waals surface area contributed by atoms with E-state index in [0.717, 1.165) is 29.8 Å². The number of anilines is 1. The van der Waals surface area contributed by atoms with Gasteiger partial charge in [-0.3, -0.25) is 20.2 Å². The summed E-state index contributed by atoms with van der Waals surface area (Å²) in [6.07, 6.45) is 8.02. The number of nitro groups is 2. The first-order valence-electron chi connectivity index (χ1n) is 13.4. The van der Waals surface area contributed by atoms with Crippen LogP contribution in [0.3, 0.4) is 0 Å². The summed E-state index contributed by atoms with van der Waals surface area (Å²) in [6.45, 7) is 1.63. The van der Waals surface area contributed by atoms with Gasteiger partial charge in [0.2, 0.25) is 0 Å². The van der Waals surface area contributed by atoms with Gasteiger partial charge in [0.05, 0.1) is 41.1 Å². The van der Waals surface area contributed by atoms with E-state index in [1.807, 2.05) is 20.2 Å². The number of hydrogen-bond acceptors (Lipinski definition) is 10. The number of nitrogens with one attached hydrogen (secondary N) is 1. The number of fused-ring (bicyclic) bond motifs is 1. The Morgan fingerprint density at radius 3 is 1.74 bits per heavy atom. The van der Waals surface area contributed by atoms with Crippen LogP contribution in [-0.4, -0.2) is 66.1 Å². The predicted molar refractivity (Wildman–Crippen MR) is 168 cm³/mol. The lowest BCUT2D eigenvalue weighted by Gasteiger charge is -2.17. The molecule has 0 unspecified atom stereocenters. The van der Waals surface area contributed by atoms with Crippen LogP contribution in [-0.2, 0) is 0 Å². The molecule has 3 aromatic carbocycles. The zero-order valence-corrected chi connectivity index (χ0v) is 24.3. The van der Waals surface area contributed by atoms with E-state index in [-0.39, 0.29) is 11.4 Å². The van der Waals surface area contributed by atoms with Gasteiger partial charge in [0.1, 0.15) is 16.8 Å². The van der Waals surface area contributed by atoms with Crippen molar-refractivity contribution in [3.8, 4) is 11.5 Å². The van der Waals surface area contributed by atoms with Crippen LogP contribution in [0.1, 0.15) is 28.9 Å². The second kappa shape index (κ2) is 14.0. The van der Waals surface area contributed by atoms with E-state index in [0.29, 0.717) is 40.5 Å². The maximum Gasteiger partial charge on any atom is 0.269 e. The van der Waals surface area contributed by atoms with Gasteiger partial charge in [-0.2, -0.15) is 0 Å². The first-order valence-corrected chi connectivity index (χ1v) is 13.4. The average Bonchev–Trinajstić information content (AvgIpc) is 3.00. The van der Waals surface area contributed by atoms with Crippen LogP contribution in [0.4, 0.5) is 17.1 Å². The quantitative estimate of drug-likeness (QED) is 0.110. The lowest BCUT2D eigenvalue weighted by atomic mass is 10.1. The smallest absolute Gasteiger partial charge is 0.269 e. The third kappa shape index (κ3) is 7.68. The van der Waals surface area contributed by atoms with Gasteiger partial charge < -0.3 is 19.7 Å². The number of benzene rings is 3. The molecule has 0 saturated carbocycles. The molecule has 0 aliphatic heterocycles. The number of methoxy groups -OCH3 is 2. The largest absolute Gasteiger partial charge is 0.494 e. The molecular formula is C31H32N6O6. The van der Waals surface area contributed by atoms with E-state index in [1.54, 1.807) is 62.8 Å². The Morgan fingerprint density at radius 2 is 1.30 bits per heavy atom. The Balaban J connectivity index is 1.81. The molecule has 0 atom stereocenters. The molecule has 0 spiro atoms. The van der Waals surface area contributed by atoms with E-state index in [4.69, 9.17) is 19.4 Å². The summed E-state index contributed by atoms with van der Waals surface area (Å²) in [5.41, 5.74) is 4.19. The van der Waals surface area contributed by atoms with Crippen molar-refractivity contribution < 1.29 is 19.3 Å². The molecule has 0 bridgehead atoms. The third-order valence-corrected chi connectivity index (χ3v) is 6.52. The van der Waals surface area contributed by atoms with E-state index < -0.39 is 9.85 Å². The minimum absolute atomic E-state index is 0.00248. The minimum atomic E-state index is -0.450. The third-order valence-electron chi connectivity index (χ3n) is 6.52. The van der Waals surface area contributed by atoms with E-state index >= 15 is 0 Å². The molecule has 1 aromatic heterocycles. The number of ether oxygens (including phenoxy) is 2. The zero-order valence-electron chi connectivity index (χ0n) is 24.3. The fourth-order valence-electron chi connectivity index (χ4n) is 4.31. The summed E-state index contributed by atoms with van der Waals surface area (Å²) in [6, 6.07) is 14.2. The molecule has 0 amide bonds. The topological polar surface area (TPSA) is 146 Å². The van der Waals surface area contributed by atoms with Gasteiger partial charge in [-0.15, -0.1) is 0 Å². The van der Waals surface area contributed by atoms with Crippen molar-refractivity contribution in [3.63, 3.8) is 0 Å². The number of rotatable bonds is 13. The fourth-order valence-corrected chi connectivity index (χ4v) is 4.31. The molecule has 43 heavy (non-hydrogen) atoms. The molecule has 4 aromatic rings. The highest BCUT2D eigenvalue weighted by atomic mass is 16.6. The van der Waals surface area contributed by atoms with Gasteiger partial charge in [0.25, 0.3) is 11.4 Å². The first-order chi connectivity index (χ1) is 20.7. The lowest BCUT2D eigenvalue weighted by molar-refractivity contribution is -0.385. The highest BCUT2D eigenvalue weighted by molar-refractivity contribution is 5.94. The van der Waals surface area contributed by atoms with Crippen molar-refractivity contribution in [1.82, 2.24) is 14.9 Å². The second-order valence-electron chi connectivity index (χ2n) is 9.80. The van der Waals surface area contributed by atoms with Gasteiger partial charge in [-0.25, -0.2) is 9.97 Å². The molecule has 12 heteroatoms. The van der Waals surface area contributed by atoms with Gasteiger partial charge in [-0.05, 0) is 74.6 Å². The zero-order chi connectivity index (χ0) is 30.9. The monoisotopic (exact) mass is 584 g/mol. The van der Waals surface area contributed by atoms with E-state index in [1.165, 1.54) is 24.3 Å². The Kier molecular flexibility index (Phi) is 9.97. The first kappa shape index (κ1) is 30.6. The van der Waals surface area contributed by atoms with Gasteiger partial charge in [-0.1, -0.05) is 12.2 Å². The van der Waals surface area contributed by atoms with Crippen LogP contribution in [0.2, 0.25) is 0 Å². The predicted octanol–water partition coefficient (Wildman–Crippen LogP) is 6.17. The van der Waals surface area contributed by atoms with Crippen molar-refractivity contribution in [3.05, 3.63) is 97.3 Å². The molecule has 0 aliphatic rings. The highest BCUT2D eigenvalue weighted by Crippen LogP contribution is 2.39. The minimum Gasteiger partial charge on any atom is -0.494 e. The average molecular weight is 585 g/mol. The van der Waals surface area contributed by atoms with E-state index in [9.17, 15) is 20.2 Å². The second-order valence-corrected chi connectivity index (χ2v) is 9.80. The molecule has 0 radical (unpaired) electrons. The summed E-state index contributed by atoms with van der Waals surface area (Å²) >= 11 is 0. The molecule has 1 N–H and O–H groups in total. The number of nitro benzene ring substituents is 2. The maximum atomic E-state index is 11.1. The number of non-ortho nitro benzene ring substituents is 2. The van der Waals surface area contributed by atoms with Crippen LogP contribution in [0.15, 0.2) is 54.6 Å². The van der Waals surface area contributed by atoms with Gasteiger partial charge in [0.15, 0.2) is 5.75 Å². The number of nitrogens with zero attached hydrogens (tertiary/aromatic N) is 5. The van der Waals surface area contributed by atoms with Gasteiger partial charge >= 0.3 is 0 Å². The van der Waals surface area contributed by atoms with Crippen LogP contribution in [0.5, 0.6) is 11.5 Å². The standard InChI is InChI=1S/C31H32N6O6/c1-35(2)19-5-18-32-27-20-28(42-3)29-30(31(27)43-4)34-26(17-11-22-8-14-24(15-9-22)37(40)41)25(33-29)16-10-21-6-12-23(13-7-21)36(38)39/h6-17,20,32H,5,18-19H2,1-4H3/b16-10+,17-11+. The number of hydrogen-bond donors (Lipinski definition) is 1. The van der Waals surface area contributed by atoms with Crippen molar-refractivity contribution in [2.24, 2.45) is 0 Å². The Labute approximate surface area is 248 Å². The van der Waals surface area contributed by atoms with Crippen LogP contribution >= 0.6 is 0 Å². The van der Waals surface area contributed by atoms with Crippen molar-refractivity contribution in [2.45, 2.75) is 6.42 Å². The SMILES string of the molecule is COc1cc(NCCCN(C)C)c(OC)c2nc(/C=C/c3ccc([N+](=O)[O-])cc3)c(/C=C/c3ccc([N+](=O)[O-])cc3)nc12. The van der Waals surface area contributed by atoms with Crippen LogP contribution in [0.25, 0.3) is 35.3 Å². The normalized spacial score (nSPS) is 11.5. The molecular weight excluding hydrogens is 552 g/mol. The van der Waals surface area contributed by atoms with Crippen molar-refractivity contribution in [2.75, 3.05) is 46.7 Å². The molecule has 1 heterocycles. The molecule has 4 rings (SSSR count). The summed E-state index contributed by atoms with van der Waals surface area (Å²) in [5, 5.41) is 25.5. The molecule has 12 nitrogen and oxygen atoms in total. The maximum absolute atomic E-state index is 11.1. The van der Waals surface area contributed by atoms with Crippen molar-refractivity contribution >= 4 is 52.4 Å².